The van der Waals surface area contributed by atoms with Crippen molar-refractivity contribution < 1.29 is 14.2 Å². The highest BCUT2D eigenvalue weighted by atomic mass is 16.5. The van der Waals surface area contributed by atoms with Gasteiger partial charge in [0.05, 0.1) is 76.6 Å². The van der Waals surface area contributed by atoms with Crippen LogP contribution in [0.15, 0.2) is 91.4 Å². The highest BCUT2D eigenvalue weighted by Crippen LogP contribution is 2.16. The Kier molecular flexibility index (Phi) is 9.59. The van der Waals surface area contributed by atoms with E-state index in [-0.39, 0.29) is 0 Å². The van der Waals surface area contributed by atoms with E-state index in [9.17, 15) is 0 Å². The summed E-state index contributed by atoms with van der Waals surface area (Å²) in [7, 11) is 4.98. The summed E-state index contributed by atoms with van der Waals surface area (Å²) in [6.07, 6.45) is 5.91. The maximum atomic E-state index is 5.27. The van der Waals surface area contributed by atoms with Crippen LogP contribution in [-0.4, -0.2) is 71.2 Å². The van der Waals surface area contributed by atoms with Crippen molar-refractivity contribution in [1.29, 1.82) is 0 Å². The van der Waals surface area contributed by atoms with E-state index >= 15 is 0 Å². The molecule has 236 valence electrons. The third-order valence-electron chi connectivity index (χ3n) is 7.43. The molecular weight excluding hydrogens is 584 g/mol. The lowest BCUT2D eigenvalue weighted by atomic mass is 10.2. The first kappa shape index (κ1) is 30.5. The predicted molar refractivity (Wildman–Crippen MR) is 169 cm³/mol. The van der Waals surface area contributed by atoms with Crippen LogP contribution in [0.2, 0.25) is 0 Å². The fourth-order valence-corrected chi connectivity index (χ4v) is 5.07. The van der Waals surface area contributed by atoms with E-state index in [1.807, 2.05) is 105 Å². The van der Waals surface area contributed by atoms with Gasteiger partial charge in [-0.2, -0.15) is 0 Å². The third kappa shape index (κ3) is 8.12. The second kappa shape index (κ2) is 14.5. The molecule has 0 atom stereocenters. The van der Waals surface area contributed by atoms with Crippen LogP contribution >= 0.6 is 0 Å². The molecule has 0 saturated heterocycles. The number of ether oxygens (including phenoxy) is 3. The van der Waals surface area contributed by atoms with Crippen LogP contribution in [-0.2, 0) is 39.3 Å². The Hall–Kier alpha value is -5.56. The van der Waals surface area contributed by atoms with Gasteiger partial charge >= 0.3 is 0 Å². The van der Waals surface area contributed by atoms with E-state index < -0.39 is 0 Å². The van der Waals surface area contributed by atoms with Gasteiger partial charge in [-0.05, 0) is 53.1 Å². The Balaban J connectivity index is 1.15. The smallest absolute Gasteiger partial charge is 0.118 e. The summed E-state index contributed by atoms with van der Waals surface area (Å²) in [6.45, 7) is 3.45. The molecule has 13 heteroatoms. The molecule has 0 aliphatic heterocycles. The van der Waals surface area contributed by atoms with Gasteiger partial charge in [-0.15, -0.1) is 15.3 Å². The molecule has 0 spiro atoms. The van der Waals surface area contributed by atoms with Crippen molar-refractivity contribution in [1.82, 2.24) is 49.9 Å². The number of rotatable bonds is 15. The molecule has 0 amide bonds. The van der Waals surface area contributed by atoms with Crippen molar-refractivity contribution in [2.75, 3.05) is 21.3 Å². The maximum absolute atomic E-state index is 5.27. The molecule has 0 fully saturated rings. The van der Waals surface area contributed by atoms with Crippen LogP contribution in [0.4, 0.5) is 0 Å². The number of methoxy groups -OCH3 is 3. The average molecular weight is 621 g/mol. The van der Waals surface area contributed by atoms with Crippen molar-refractivity contribution in [3.63, 3.8) is 0 Å². The van der Waals surface area contributed by atoms with Crippen molar-refractivity contribution >= 4 is 0 Å². The molecule has 0 N–H and O–H groups in total. The Labute approximate surface area is 266 Å². The monoisotopic (exact) mass is 620 g/mol. The van der Waals surface area contributed by atoms with E-state index in [0.29, 0.717) is 39.3 Å². The first-order valence-corrected chi connectivity index (χ1v) is 14.8. The number of hydrogen-bond acceptors (Lipinski definition) is 10. The van der Waals surface area contributed by atoms with E-state index in [4.69, 9.17) is 14.2 Å². The molecule has 0 aliphatic carbocycles. The van der Waals surface area contributed by atoms with Gasteiger partial charge in [0.15, 0.2) is 0 Å². The second-order valence-corrected chi connectivity index (χ2v) is 10.9. The summed E-state index contributed by atoms with van der Waals surface area (Å²) in [6, 6.07) is 23.8. The molecule has 13 nitrogen and oxygen atoms in total. The molecule has 3 aromatic carbocycles. The van der Waals surface area contributed by atoms with Crippen LogP contribution in [0.1, 0.15) is 33.8 Å². The molecule has 0 aliphatic rings. The Morgan fingerprint density at radius 2 is 0.739 bits per heavy atom. The van der Waals surface area contributed by atoms with Crippen LogP contribution in [0, 0.1) is 0 Å². The van der Waals surface area contributed by atoms with E-state index in [0.717, 1.165) is 51.0 Å². The molecule has 0 unspecified atom stereocenters. The highest BCUT2D eigenvalue weighted by Gasteiger charge is 2.16. The topological polar surface area (TPSA) is 123 Å². The van der Waals surface area contributed by atoms with Gasteiger partial charge in [-0.1, -0.05) is 52.0 Å². The molecule has 0 radical (unpaired) electrons. The summed E-state index contributed by atoms with van der Waals surface area (Å²) in [5.74, 6) is 2.46. The summed E-state index contributed by atoms with van der Waals surface area (Å²) in [5.41, 5.74) is 5.84. The molecule has 3 heterocycles. The zero-order valence-electron chi connectivity index (χ0n) is 26.1. The lowest BCUT2D eigenvalue weighted by Crippen LogP contribution is -2.23. The standard InChI is InChI=1S/C33H36N10O3/c1-44-31-10-4-25(5-11-31)16-41-22-28(34-37-41)19-40(20-29-23-42(38-35-29)17-26-6-12-32(45-2)13-7-26)21-30-24-43(39-36-30)18-27-8-14-33(46-3)15-9-27/h4-15,22-24H,16-21H2,1-3H3. The minimum atomic E-state index is 0.541. The minimum absolute atomic E-state index is 0.541. The summed E-state index contributed by atoms with van der Waals surface area (Å²) in [5, 5.41) is 26.5. The number of benzene rings is 3. The number of hydrogen-bond donors (Lipinski definition) is 0. The van der Waals surface area contributed by atoms with Crippen LogP contribution in [0.3, 0.4) is 0 Å². The largest absolute Gasteiger partial charge is 0.497 e. The van der Waals surface area contributed by atoms with E-state index in [1.165, 1.54) is 0 Å². The summed E-state index contributed by atoms with van der Waals surface area (Å²) < 4.78 is 21.3. The first-order valence-electron chi connectivity index (χ1n) is 14.8. The molecular formula is C33H36N10O3. The average Bonchev–Trinajstić information content (AvgIpc) is 3.84. The van der Waals surface area contributed by atoms with Gasteiger partial charge in [0, 0.05) is 19.6 Å². The fourth-order valence-electron chi connectivity index (χ4n) is 5.07. The number of aromatic nitrogens is 9. The summed E-state index contributed by atoms with van der Waals surface area (Å²) in [4.78, 5) is 2.21. The Morgan fingerprint density at radius 1 is 0.457 bits per heavy atom. The van der Waals surface area contributed by atoms with Crippen molar-refractivity contribution in [2.45, 2.75) is 39.3 Å². The SMILES string of the molecule is COc1ccc(Cn2cc(CN(Cc3cn(Cc4ccc(OC)cc4)nn3)Cc3cn(Cc4ccc(OC)cc4)nn3)nn2)cc1. The molecule has 6 aromatic rings. The normalized spacial score (nSPS) is 11.2. The zero-order chi connectivity index (χ0) is 31.7. The first-order chi connectivity index (χ1) is 22.5. The van der Waals surface area contributed by atoms with Crippen LogP contribution < -0.4 is 14.2 Å². The predicted octanol–water partition coefficient (Wildman–Crippen LogP) is 3.83. The molecule has 0 bridgehead atoms. The van der Waals surface area contributed by atoms with Gasteiger partial charge < -0.3 is 14.2 Å². The van der Waals surface area contributed by atoms with Gasteiger partial charge in [-0.25, -0.2) is 14.0 Å². The van der Waals surface area contributed by atoms with Crippen molar-refractivity contribution in [2.24, 2.45) is 0 Å². The Bertz CT molecular complexity index is 1600. The fraction of sp³-hybridized carbons (Fsp3) is 0.273. The van der Waals surface area contributed by atoms with E-state index in [2.05, 4.69) is 35.8 Å². The number of nitrogens with zero attached hydrogens (tertiary/aromatic N) is 10. The molecule has 46 heavy (non-hydrogen) atoms. The van der Waals surface area contributed by atoms with Crippen LogP contribution in [0.25, 0.3) is 0 Å². The maximum Gasteiger partial charge on any atom is 0.118 e. The van der Waals surface area contributed by atoms with Gasteiger partial charge in [0.25, 0.3) is 0 Å². The van der Waals surface area contributed by atoms with Crippen molar-refractivity contribution in [3.8, 4) is 17.2 Å². The second-order valence-electron chi connectivity index (χ2n) is 10.9. The van der Waals surface area contributed by atoms with Gasteiger partial charge in [0.1, 0.15) is 17.2 Å². The van der Waals surface area contributed by atoms with E-state index in [1.54, 1.807) is 21.3 Å². The molecule has 3 aromatic heterocycles. The lowest BCUT2D eigenvalue weighted by Gasteiger charge is -2.18. The van der Waals surface area contributed by atoms with Gasteiger partial charge in [0.2, 0.25) is 0 Å². The Morgan fingerprint density at radius 3 is 1.00 bits per heavy atom. The van der Waals surface area contributed by atoms with Gasteiger partial charge in [-0.3, -0.25) is 4.90 Å². The highest BCUT2D eigenvalue weighted by molar-refractivity contribution is 5.29. The van der Waals surface area contributed by atoms with Crippen LogP contribution in [0.5, 0.6) is 17.2 Å². The third-order valence-corrected chi connectivity index (χ3v) is 7.43. The summed E-state index contributed by atoms with van der Waals surface area (Å²) >= 11 is 0. The lowest BCUT2D eigenvalue weighted by molar-refractivity contribution is 0.238. The minimum Gasteiger partial charge on any atom is -0.497 e. The molecule has 0 saturated carbocycles. The quantitative estimate of drug-likeness (QED) is 0.167. The molecule has 6 rings (SSSR count). The van der Waals surface area contributed by atoms with Crippen molar-refractivity contribution in [3.05, 3.63) is 125 Å². The zero-order valence-corrected chi connectivity index (χ0v) is 26.1.